The second-order valence-electron chi connectivity index (χ2n) is 11.2. The van der Waals surface area contributed by atoms with Crippen molar-refractivity contribution in [3.63, 3.8) is 0 Å². The van der Waals surface area contributed by atoms with Crippen molar-refractivity contribution >= 4 is 35.6 Å². The molecular weight excluding hydrogens is 560 g/mol. The van der Waals surface area contributed by atoms with Gasteiger partial charge in [-0.2, -0.15) is 0 Å². The van der Waals surface area contributed by atoms with Crippen LogP contribution in [0.15, 0.2) is 17.5 Å². The van der Waals surface area contributed by atoms with E-state index < -0.39 is 36.0 Å². The molecule has 0 bridgehead atoms. The van der Waals surface area contributed by atoms with Crippen LogP contribution >= 0.6 is 0 Å². The van der Waals surface area contributed by atoms with Gasteiger partial charge in [-0.05, 0) is 57.9 Å². The van der Waals surface area contributed by atoms with Crippen LogP contribution in [0.3, 0.4) is 0 Å². The predicted octanol–water partition coefficient (Wildman–Crippen LogP) is -2.21. The van der Waals surface area contributed by atoms with Gasteiger partial charge in [0, 0.05) is 37.9 Å². The molecule has 0 aromatic carbocycles. The van der Waals surface area contributed by atoms with Crippen molar-refractivity contribution in [3.8, 4) is 0 Å². The molecule has 1 aromatic rings. The van der Waals surface area contributed by atoms with E-state index in [2.05, 4.69) is 30.9 Å². The van der Waals surface area contributed by atoms with E-state index in [9.17, 15) is 29.1 Å². The van der Waals surface area contributed by atoms with Crippen molar-refractivity contribution in [2.75, 3.05) is 26.2 Å². The van der Waals surface area contributed by atoms with E-state index >= 15 is 0 Å². The van der Waals surface area contributed by atoms with Crippen molar-refractivity contribution in [3.05, 3.63) is 18.2 Å². The van der Waals surface area contributed by atoms with E-state index in [0.29, 0.717) is 57.3 Å². The van der Waals surface area contributed by atoms with Gasteiger partial charge in [0.1, 0.15) is 24.2 Å². The third kappa shape index (κ3) is 8.21. The second-order valence-corrected chi connectivity index (χ2v) is 11.2. The Bertz CT molecular complexity index is 1180. The van der Waals surface area contributed by atoms with Crippen LogP contribution in [-0.2, 0) is 30.4 Å². The number of carboxylic acids is 1. The molecule has 0 spiro atoms. The van der Waals surface area contributed by atoms with E-state index in [4.69, 9.17) is 11.5 Å². The van der Waals surface area contributed by atoms with Crippen LogP contribution in [0.2, 0.25) is 0 Å². The summed E-state index contributed by atoms with van der Waals surface area (Å²) < 4.78 is 0. The Kier molecular flexibility index (Phi) is 10.9. The lowest BCUT2D eigenvalue weighted by atomic mass is 10.1. The summed E-state index contributed by atoms with van der Waals surface area (Å²) in [6, 6.07) is -4.09. The lowest BCUT2D eigenvalue weighted by molar-refractivity contribution is -0.148. The molecule has 9 N–H and O–H groups in total. The molecule has 16 heteroatoms. The fourth-order valence-corrected chi connectivity index (χ4v) is 6.01. The average Bonchev–Trinajstić information content (AvgIpc) is 3.80. The van der Waals surface area contributed by atoms with Crippen LogP contribution in [0.5, 0.6) is 0 Å². The van der Waals surface area contributed by atoms with Gasteiger partial charge in [0.2, 0.25) is 23.6 Å². The molecule has 16 nitrogen and oxygen atoms in total. The number of H-pyrrole nitrogens is 1. The minimum Gasteiger partial charge on any atom is -0.480 e. The Morgan fingerprint density at radius 3 is 2.37 bits per heavy atom. The number of amides is 4. The lowest BCUT2D eigenvalue weighted by Gasteiger charge is -2.33. The van der Waals surface area contributed by atoms with Crippen LogP contribution in [0, 0.1) is 0 Å². The SMILES string of the molecule is NC(N)=NCCC[C@H](NC(=O)[C@@H]1CCCN1)C(=O)N1CCC[C@H]1C(=O)N1CCC[C@H]1C(=O)N[C@@H](Cc1cnc[nH]1)C(=O)O. The van der Waals surface area contributed by atoms with E-state index in [1.54, 1.807) is 0 Å². The van der Waals surface area contributed by atoms with Gasteiger partial charge in [-0.15, -0.1) is 0 Å². The number of nitrogens with one attached hydrogen (secondary N) is 4. The van der Waals surface area contributed by atoms with Gasteiger partial charge in [0.05, 0.1) is 12.4 Å². The van der Waals surface area contributed by atoms with Crippen LogP contribution in [-0.4, -0.2) is 117 Å². The zero-order valence-electron chi connectivity index (χ0n) is 24.2. The minimum atomic E-state index is -1.20. The number of aromatic amines is 1. The highest BCUT2D eigenvalue weighted by molar-refractivity contribution is 5.96. The maximum atomic E-state index is 13.8. The summed E-state index contributed by atoms with van der Waals surface area (Å²) in [6.45, 7) is 1.67. The van der Waals surface area contributed by atoms with Crippen molar-refractivity contribution < 1.29 is 29.1 Å². The average molecular weight is 603 g/mol. The molecule has 4 heterocycles. The van der Waals surface area contributed by atoms with Crippen LogP contribution < -0.4 is 27.4 Å². The summed E-state index contributed by atoms with van der Waals surface area (Å²) in [6.07, 6.45) is 7.16. The van der Waals surface area contributed by atoms with Gasteiger partial charge in [-0.3, -0.25) is 24.2 Å². The summed E-state index contributed by atoms with van der Waals surface area (Å²) in [4.78, 5) is 79.3. The monoisotopic (exact) mass is 602 g/mol. The predicted molar refractivity (Wildman–Crippen MR) is 154 cm³/mol. The first-order valence-corrected chi connectivity index (χ1v) is 14.9. The number of aliphatic imine (C=N–C) groups is 1. The molecule has 0 unspecified atom stereocenters. The number of carboxylic acid groups (broad SMARTS) is 1. The minimum absolute atomic E-state index is 0.0132. The number of nitrogens with two attached hydrogens (primary N) is 2. The molecule has 3 saturated heterocycles. The maximum Gasteiger partial charge on any atom is 0.326 e. The fourth-order valence-electron chi connectivity index (χ4n) is 6.01. The summed E-state index contributed by atoms with van der Waals surface area (Å²) in [5.41, 5.74) is 11.4. The highest BCUT2D eigenvalue weighted by atomic mass is 16.4. The second kappa shape index (κ2) is 14.8. The number of likely N-dealkylation sites (tertiary alicyclic amines) is 2. The molecule has 1 aromatic heterocycles. The Morgan fingerprint density at radius 2 is 1.72 bits per heavy atom. The third-order valence-corrected chi connectivity index (χ3v) is 8.19. The quantitative estimate of drug-likeness (QED) is 0.0729. The van der Waals surface area contributed by atoms with E-state index in [-0.39, 0.29) is 49.1 Å². The standard InChI is InChI=1S/C27H42N10O6/c28-27(29)32-10-2-6-18(34-22(38)17-5-1-9-31-17)24(40)37-12-4-8-21(37)25(41)36-11-3-7-20(36)23(39)35-19(26(42)43)13-16-14-30-15-33-16/h14-15,17-21,31H,1-13H2,(H,30,33)(H,34,38)(H,35,39)(H,42,43)(H4,28,29,32)/t17-,18-,19-,20-,21-/m0/s1. The van der Waals surface area contributed by atoms with Crippen molar-refractivity contribution in [1.82, 2.24) is 35.7 Å². The molecule has 4 amide bonds. The van der Waals surface area contributed by atoms with Gasteiger partial charge >= 0.3 is 5.97 Å². The normalized spacial score (nSPS) is 23.0. The largest absolute Gasteiger partial charge is 0.480 e. The molecule has 4 rings (SSSR count). The first-order chi connectivity index (χ1) is 20.7. The Morgan fingerprint density at radius 1 is 1.00 bits per heavy atom. The number of aliphatic carboxylic acids is 1. The third-order valence-electron chi connectivity index (χ3n) is 8.19. The topological polar surface area (TPSA) is 241 Å². The van der Waals surface area contributed by atoms with Gasteiger partial charge in [0.25, 0.3) is 0 Å². The van der Waals surface area contributed by atoms with Crippen LogP contribution in [0.1, 0.15) is 57.1 Å². The number of nitrogens with zero attached hydrogens (tertiary/aromatic N) is 4. The number of guanidine groups is 1. The molecule has 0 radical (unpaired) electrons. The van der Waals surface area contributed by atoms with E-state index in [1.807, 2.05) is 0 Å². The Hall–Kier alpha value is -4.21. The number of carbonyl (C=O) groups excluding carboxylic acids is 4. The number of hydrogen-bond acceptors (Lipinski definition) is 8. The number of hydrogen-bond donors (Lipinski definition) is 7. The summed E-state index contributed by atoms with van der Waals surface area (Å²) in [7, 11) is 0. The first kappa shape index (κ1) is 31.7. The molecule has 236 valence electrons. The number of rotatable bonds is 13. The molecule has 0 aliphatic carbocycles. The Labute approximate surface area is 249 Å². The molecule has 0 saturated carbocycles. The van der Waals surface area contributed by atoms with E-state index in [0.717, 1.165) is 13.0 Å². The fraction of sp³-hybridized carbons (Fsp3) is 0.667. The van der Waals surface area contributed by atoms with Crippen LogP contribution in [0.4, 0.5) is 0 Å². The molecule has 5 atom stereocenters. The number of imidazole rings is 1. The smallest absolute Gasteiger partial charge is 0.326 e. The van der Waals surface area contributed by atoms with Crippen molar-refractivity contribution in [1.29, 1.82) is 0 Å². The summed E-state index contributed by atoms with van der Waals surface area (Å²) in [5.74, 6) is -2.80. The van der Waals surface area contributed by atoms with Gasteiger partial charge in [-0.25, -0.2) is 9.78 Å². The molecule has 3 aliphatic rings. The molecule has 3 fully saturated rings. The van der Waals surface area contributed by atoms with Gasteiger partial charge in [0.15, 0.2) is 5.96 Å². The lowest BCUT2D eigenvalue weighted by Crippen LogP contribution is -2.58. The van der Waals surface area contributed by atoms with Crippen molar-refractivity contribution in [2.24, 2.45) is 16.5 Å². The van der Waals surface area contributed by atoms with Gasteiger partial charge < -0.3 is 47.3 Å². The first-order valence-electron chi connectivity index (χ1n) is 14.9. The Balaban J connectivity index is 1.43. The highest BCUT2D eigenvalue weighted by Crippen LogP contribution is 2.26. The van der Waals surface area contributed by atoms with Gasteiger partial charge in [-0.1, -0.05) is 0 Å². The number of carbonyl (C=O) groups is 5. The molecule has 43 heavy (non-hydrogen) atoms. The number of aromatic nitrogens is 2. The molecular formula is C27H42N10O6. The highest BCUT2D eigenvalue weighted by Gasteiger charge is 2.44. The van der Waals surface area contributed by atoms with Crippen molar-refractivity contribution in [2.45, 2.75) is 88.0 Å². The van der Waals surface area contributed by atoms with Crippen LogP contribution in [0.25, 0.3) is 0 Å². The summed E-state index contributed by atoms with van der Waals surface area (Å²) >= 11 is 0. The summed E-state index contributed by atoms with van der Waals surface area (Å²) in [5, 5.41) is 18.2. The zero-order valence-corrected chi connectivity index (χ0v) is 24.2. The molecule has 3 aliphatic heterocycles. The zero-order chi connectivity index (χ0) is 30.9. The maximum absolute atomic E-state index is 13.8. The van der Waals surface area contributed by atoms with E-state index in [1.165, 1.54) is 22.3 Å².